The highest BCUT2D eigenvalue weighted by molar-refractivity contribution is 6.06. The van der Waals surface area contributed by atoms with Gasteiger partial charge in [-0.3, -0.25) is 9.48 Å². The summed E-state index contributed by atoms with van der Waals surface area (Å²) in [6, 6.07) is 0. The van der Waals surface area contributed by atoms with Crippen LogP contribution in [0.1, 0.15) is 77.0 Å². The van der Waals surface area contributed by atoms with Crippen molar-refractivity contribution >= 4 is 11.9 Å². The van der Waals surface area contributed by atoms with Gasteiger partial charge in [0.1, 0.15) is 0 Å². The van der Waals surface area contributed by atoms with Gasteiger partial charge in [0.2, 0.25) is 0 Å². The summed E-state index contributed by atoms with van der Waals surface area (Å²) in [6.45, 7) is 9.74. The third-order valence-electron chi connectivity index (χ3n) is 9.49. The number of aromatic nitrogens is 2. The van der Waals surface area contributed by atoms with Crippen LogP contribution in [0.2, 0.25) is 0 Å². The number of aryl methyl sites for hydroxylation is 1. The second-order valence-corrected chi connectivity index (χ2v) is 10.8. The quantitative estimate of drug-likeness (QED) is 0.547. The molecule has 30 heavy (non-hydrogen) atoms. The summed E-state index contributed by atoms with van der Waals surface area (Å²) in [5.74, 6) is 2.06. The maximum absolute atomic E-state index is 13.6. The van der Waals surface area contributed by atoms with Crippen molar-refractivity contribution < 1.29 is 9.90 Å². The number of aliphatic hydroxyl groups excluding tert-OH is 1. The molecule has 4 aliphatic rings. The van der Waals surface area contributed by atoms with Gasteiger partial charge >= 0.3 is 0 Å². The minimum atomic E-state index is -0.211. The first-order valence-electron chi connectivity index (χ1n) is 11.9. The van der Waals surface area contributed by atoms with Crippen LogP contribution in [0.4, 0.5) is 0 Å². The molecule has 3 saturated carbocycles. The number of Topliss-reactive ketones (excluding diaryl/α,β-unsaturated/α-hetero) is 1. The highest BCUT2D eigenvalue weighted by Gasteiger charge is 2.59. The summed E-state index contributed by atoms with van der Waals surface area (Å²) in [6.07, 6.45) is 13.3. The molecule has 0 saturated heterocycles. The van der Waals surface area contributed by atoms with Crippen molar-refractivity contribution in [1.82, 2.24) is 9.78 Å². The van der Waals surface area contributed by atoms with E-state index in [1.165, 1.54) is 5.57 Å². The van der Waals surface area contributed by atoms with Crippen LogP contribution in [0.3, 0.4) is 0 Å². The molecule has 1 N–H and O–H groups in total. The average molecular weight is 409 g/mol. The third kappa shape index (κ3) is 2.75. The lowest BCUT2D eigenvalue weighted by Crippen LogP contribution is -2.50. The highest BCUT2D eigenvalue weighted by atomic mass is 16.3. The molecule has 0 amide bonds. The average Bonchev–Trinajstić information content (AvgIpc) is 3.20. The first kappa shape index (κ1) is 20.2. The van der Waals surface area contributed by atoms with Crippen LogP contribution in [0.5, 0.6) is 0 Å². The van der Waals surface area contributed by atoms with E-state index in [0.717, 1.165) is 68.3 Å². The molecule has 0 spiro atoms. The zero-order chi connectivity index (χ0) is 21.3. The minimum absolute atomic E-state index is 0.162. The third-order valence-corrected chi connectivity index (χ3v) is 9.49. The Morgan fingerprint density at radius 3 is 2.70 bits per heavy atom. The van der Waals surface area contributed by atoms with Gasteiger partial charge in [-0.25, -0.2) is 0 Å². The summed E-state index contributed by atoms with van der Waals surface area (Å²) >= 11 is 0. The van der Waals surface area contributed by atoms with E-state index in [1.54, 1.807) is 0 Å². The minimum Gasteiger partial charge on any atom is -0.393 e. The normalized spacial score (nSPS) is 42.0. The second kappa shape index (κ2) is 6.91. The van der Waals surface area contributed by atoms with Crippen LogP contribution in [0, 0.1) is 35.5 Å². The van der Waals surface area contributed by atoms with Crippen molar-refractivity contribution in [1.29, 1.82) is 0 Å². The number of rotatable bonds is 2. The van der Waals surface area contributed by atoms with Gasteiger partial charge in [-0.05, 0) is 93.6 Å². The molecule has 1 aromatic rings. The van der Waals surface area contributed by atoms with E-state index >= 15 is 0 Å². The summed E-state index contributed by atoms with van der Waals surface area (Å²) in [7, 11) is 0. The molecule has 4 nitrogen and oxygen atoms in total. The number of fused-ring (bicyclic) bond motifs is 5. The highest BCUT2D eigenvalue weighted by Crippen LogP contribution is 2.64. The van der Waals surface area contributed by atoms with Crippen molar-refractivity contribution in [2.24, 2.45) is 28.6 Å². The van der Waals surface area contributed by atoms with Gasteiger partial charge < -0.3 is 5.11 Å². The topological polar surface area (TPSA) is 55.1 Å². The zero-order valence-corrected chi connectivity index (χ0v) is 18.9. The Labute approximate surface area is 180 Å². The number of hydrogen-bond acceptors (Lipinski definition) is 3. The lowest BCUT2D eigenvalue weighted by atomic mass is 9.48. The molecule has 1 aromatic heterocycles. The predicted molar refractivity (Wildman–Crippen MR) is 119 cm³/mol. The lowest BCUT2D eigenvalue weighted by Gasteiger charge is -2.56. The summed E-state index contributed by atoms with van der Waals surface area (Å²) in [5.41, 5.74) is 4.76. The first-order valence-corrected chi connectivity index (χ1v) is 11.9. The number of ketones is 1. The Hall–Kier alpha value is -1.68. The van der Waals surface area contributed by atoms with E-state index < -0.39 is 0 Å². The molecule has 6 atom stereocenters. The fourth-order valence-corrected chi connectivity index (χ4v) is 7.55. The largest absolute Gasteiger partial charge is 0.393 e. The van der Waals surface area contributed by atoms with Crippen LogP contribution >= 0.6 is 0 Å². The van der Waals surface area contributed by atoms with Gasteiger partial charge in [-0.15, -0.1) is 0 Å². The van der Waals surface area contributed by atoms with Crippen LogP contribution < -0.4 is 0 Å². The first-order chi connectivity index (χ1) is 14.3. The van der Waals surface area contributed by atoms with Crippen LogP contribution in [-0.2, 0) is 11.3 Å². The van der Waals surface area contributed by atoms with Crippen molar-refractivity contribution in [3.63, 3.8) is 0 Å². The molecule has 0 radical (unpaired) electrons. The van der Waals surface area contributed by atoms with E-state index in [4.69, 9.17) is 0 Å². The number of hydrogen-bond donors (Lipinski definition) is 1. The SMILES string of the molecule is CCn1ncc(/C=C2\C[C@@H]3[C@H]4CC=C5C[C@@H](O)CC[C@]5(C)[C@@H]4CC[C@]3(C)C2=O)c1C. The van der Waals surface area contributed by atoms with E-state index in [2.05, 4.69) is 44.9 Å². The summed E-state index contributed by atoms with van der Waals surface area (Å²) in [4.78, 5) is 13.6. The van der Waals surface area contributed by atoms with Gasteiger partial charge in [-0.2, -0.15) is 5.10 Å². The molecule has 4 heteroatoms. The molecular formula is C26H36N2O2. The lowest BCUT2D eigenvalue weighted by molar-refractivity contribution is -0.130. The second-order valence-electron chi connectivity index (χ2n) is 10.8. The van der Waals surface area contributed by atoms with E-state index in [-0.39, 0.29) is 16.9 Å². The van der Waals surface area contributed by atoms with Gasteiger partial charge in [0, 0.05) is 23.2 Å². The van der Waals surface area contributed by atoms with Crippen molar-refractivity contribution in [2.75, 3.05) is 0 Å². The molecule has 1 heterocycles. The molecule has 0 bridgehead atoms. The smallest absolute Gasteiger partial charge is 0.165 e. The molecule has 4 aliphatic carbocycles. The maximum atomic E-state index is 13.6. The number of nitrogens with zero attached hydrogens (tertiary/aromatic N) is 2. The molecular weight excluding hydrogens is 372 g/mol. The van der Waals surface area contributed by atoms with Gasteiger partial charge in [0.05, 0.1) is 12.3 Å². The number of carbonyl (C=O) groups excluding carboxylic acids is 1. The summed E-state index contributed by atoms with van der Waals surface area (Å²) < 4.78 is 2.00. The Bertz CT molecular complexity index is 941. The Morgan fingerprint density at radius 1 is 1.20 bits per heavy atom. The predicted octanol–water partition coefficient (Wildman–Crippen LogP) is 5.10. The maximum Gasteiger partial charge on any atom is 0.165 e. The summed E-state index contributed by atoms with van der Waals surface area (Å²) in [5, 5.41) is 14.7. The van der Waals surface area contributed by atoms with Crippen molar-refractivity contribution in [2.45, 2.75) is 85.3 Å². The monoisotopic (exact) mass is 408 g/mol. The van der Waals surface area contributed by atoms with Gasteiger partial charge in [0.15, 0.2) is 5.78 Å². The van der Waals surface area contributed by atoms with Crippen molar-refractivity contribution in [3.05, 3.63) is 34.7 Å². The van der Waals surface area contributed by atoms with Crippen LogP contribution in [0.25, 0.3) is 6.08 Å². The van der Waals surface area contributed by atoms with Gasteiger partial charge in [0.25, 0.3) is 0 Å². The fraction of sp³-hybridized carbons (Fsp3) is 0.692. The fourth-order valence-electron chi connectivity index (χ4n) is 7.55. The van der Waals surface area contributed by atoms with Gasteiger partial charge in [-0.1, -0.05) is 25.5 Å². The van der Waals surface area contributed by atoms with Crippen LogP contribution in [0.15, 0.2) is 23.4 Å². The Morgan fingerprint density at radius 2 is 1.97 bits per heavy atom. The molecule has 5 rings (SSSR count). The van der Waals surface area contributed by atoms with Crippen molar-refractivity contribution in [3.8, 4) is 0 Å². The van der Waals surface area contributed by atoms with Crippen LogP contribution in [-0.4, -0.2) is 26.8 Å². The molecule has 0 unspecified atom stereocenters. The standard InChI is InChI=1S/C26H36N2O2/c1-5-28-16(2)18(15-27-28)12-17-13-23-21-7-6-19-14-20(29)8-10-25(19,3)22(21)9-11-26(23,4)24(17)30/h6,12,15,20-23,29H,5,7-11,13-14H2,1-4H3/b17-12+/t20-,21-,22+,23+,25-,26-/m0/s1. The Kier molecular flexibility index (Phi) is 4.66. The Balaban J connectivity index is 1.48. The van der Waals surface area contributed by atoms with E-state index in [1.807, 2.05) is 10.9 Å². The molecule has 162 valence electrons. The molecule has 0 aliphatic heterocycles. The number of carbonyl (C=O) groups is 1. The van der Waals surface area contributed by atoms with E-state index in [9.17, 15) is 9.90 Å². The molecule has 0 aromatic carbocycles. The molecule has 3 fully saturated rings. The number of allylic oxidation sites excluding steroid dienone is 2. The zero-order valence-electron chi connectivity index (χ0n) is 18.9. The number of aliphatic hydroxyl groups is 1. The van der Waals surface area contributed by atoms with E-state index in [0.29, 0.717) is 23.5 Å².